The van der Waals surface area contributed by atoms with E-state index < -0.39 is 11.7 Å². The van der Waals surface area contributed by atoms with E-state index in [1.807, 2.05) is 30.4 Å². The van der Waals surface area contributed by atoms with E-state index in [1.165, 1.54) is 0 Å². The topological polar surface area (TPSA) is 57.2 Å². The fourth-order valence-electron chi connectivity index (χ4n) is 3.39. The molecule has 2 heterocycles. The third-order valence-corrected chi connectivity index (χ3v) is 4.60. The highest BCUT2D eigenvalue weighted by Gasteiger charge is 2.56. The van der Waals surface area contributed by atoms with Gasteiger partial charge in [-0.15, -0.1) is 0 Å². The van der Waals surface area contributed by atoms with Crippen molar-refractivity contribution in [2.24, 2.45) is 5.92 Å². The number of hydrogen-bond acceptors (Lipinski definition) is 5. The van der Waals surface area contributed by atoms with Gasteiger partial charge in [0.2, 0.25) is 0 Å². The van der Waals surface area contributed by atoms with Gasteiger partial charge < -0.3 is 24.1 Å². The first-order valence-corrected chi connectivity index (χ1v) is 7.29. The Bertz CT molecular complexity index is 665. The normalized spacial score (nSPS) is 34.7. The van der Waals surface area contributed by atoms with E-state index in [1.54, 1.807) is 20.3 Å². The third-order valence-electron chi connectivity index (χ3n) is 4.60. The van der Waals surface area contributed by atoms with Crippen LogP contribution in [0.1, 0.15) is 5.56 Å². The van der Waals surface area contributed by atoms with Crippen molar-refractivity contribution < 1.29 is 24.1 Å². The minimum absolute atomic E-state index is 0.0960. The number of aliphatic hydroxyl groups is 1. The van der Waals surface area contributed by atoms with Crippen LogP contribution in [0.5, 0.6) is 11.5 Å². The predicted octanol–water partition coefficient (Wildman–Crippen LogP) is 1.76. The van der Waals surface area contributed by atoms with Crippen LogP contribution in [0.3, 0.4) is 0 Å². The zero-order chi connectivity index (χ0) is 15.3. The summed E-state index contributed by atoms with van der Waals surface area (Å²) in [6.45, 7) is 0.170. The van der Waals surface area contributed by atoms with Crippen LogP contribution in [0, 0.1) is 5.92 Å². The lowest BCUT2D eigenvalue weighted by molar-refractivity contribution is -0.131. The Morgan fingerprint density at radius 2 is 2.14 bits per heavy atom. The lowest BCUT2D eigenvalue weighted by Gasteiger charge is -2.40. The minimum atomic E-state index is -1.14. The molecule has 0 amide bonds. The fraction of sp³-hybridized carbons (Fsp3) is 0.412. The van der Waals surface area contributed by atoms with Gasteiger partial charge in [-0.1, -0.05) is 12.2 Å². The molecule has 1 aromatic rings. The van der Waals surface area contributed by atoms with Gasteiger partial charge in [-0.2, -0.15) is 0 Å². The highest BCUT2D eigenvalue weighted by molar-refractivity contribution is 5.49. The fourth-order valence-corrected chi connectivity index (χ4v) is 3.39. The molecule has 0 aromatic heterocycles. The SMILES string of the molecule is COc1ccc2c(c1)OC1C3C=CC(OC)C=C3OCC21O. The Balaban J connectivity index is 1.72. The summed E-state index contributed by atoms with van der Waals surface area (Å²) in [7, 11) is 3.26. The van der Waals surface area contributed by atoms with E-state index in [4.69, 9.17) is 18.9 Å². The summed E-state index contributed by atoms with van der Waals surface area (Å²) in [6, 6.07) is 5.47. The summed E-state index contributed by atoms with van der Waals surface area (Å²) in [5.74, 6) is 2.03. The Labute approximate surface area is 128 Å². The van der Waals surface area contributed by atoms with Crippen molar-refractivity contribution in [1.29, 1.82) is 0 Å². The second-order valence-corrected chi connectivity index (χ2v) is 5.79. The van der Waals surface area contributed by atoms with Gasteiger partial charge in [0.15, 0.2) is 5.60 Å². The Morgan fingerprint density at radius 3 is 2.91 bits per heavy atom. The largest absolute Gasteiger partial charge is 0.497 e. The summed E-state index contributed by atoms with van der Waals surface area (Å²) in [5, 5.41) is 11.1. The van der Waals surface area contributed by atoms with E-state index in [9.17, 15) is 5.11 Å². The molecule has 1 fully saturated rings. The van der Waals surface area contributed by atoms with E-state index in [2.05, 4.69) is 0 Å². The van der Waals surface area contributed by atoms with Crippen LogP contribution in [-0.2, 0) is 15.1 Å². The molecule has 0 spiro atoms. The van der Waals surface area contributed by atoms with Crippen LogP contribution in [0.2, 0.25) is 0 Å². The number of ether oxygens (including phenoxy) is 4. The summed E-state index contributed by atoms with van der Waals surface area (Å²) < 4.78 is 22.4. The van der Waals surface area contributed by atoms with Crippen LogP contribution < -0.4 is 9.47 Å². The molecule has 1 N–H and O–H groups in total. The molecule has 1 aliphatic carbocycles. The molecule has 22 heavy (non-hydrogen) atoms. The van der Waals surface area contributed by atoms with Crippen molar-refractivity contribution in [3.8, 4) is 11.5 Å². The van der Waals surface area contributed by atoms with Gasteiger partial charge in [0.1, 0.15) is 30.0 Å². The zero-order valence-electron chi connectivity index (χ0n) is 12.5. The molecule has 0 bridgehead atoms. The smallest absolute Gasteiger partial charge is 0.165 e. The first kappa shape index (κ1) is 13.7. The molecule has 5 nitrogen and oxygen atoms in total. The Kier molecular flexibility index (Phi) is 2.96. The van der Waals surface area contributed by atoms with Crippen molar-refractivity contribution in [2.75, 3.05) is 20.8 Å². The van der Waals surface area contributed by atoms with Gasteiger partial charge in [0.25, 0.3) is 0 Å². The van der Waals surface area contributed by atoms with Crippen LogP contribution in [0.25, 0.3) is 0 Å². The lowest BCUT2D eigenvalue weighted by Crippen LogP contribution is -2.51. The summed E-state index contributed by atoms with van der Waals surface area (Å²) >= 11 is 0. The van der Waals surface area contributed by atoms with E-state index in [0.717, 1.165) is 11.3 Å². The van der Waals surface area contributed by atoms with Crippen LogP contribution in [0.15, 0.2) is 42.2 Å². The highest BCUT2D eigenvalue weighted by atomic mass is 16.6. The average Bonchev–Trinajstić information content (AvgIpc) is 2.86. The lowest BCUT2D eigenvalue weighted by atomic mass is 9.79. The van der Waals surface area contributed by atoms with Gasteiger partial charge in [0, 0.05) is 18.7 Å². The van der Waals surface area contributed by atoms with Crippen molar-refractivity contribution in [1.82, 2.24) is 0 Å². The van der Waals surface area contributed by atoms with Gasteiger partial charge in [-0.05, 0) is 18.2 Å². The first-order valence-electron chi connectivity index (χ1n) is 7.29. The molecule has 116 valence electrons. The molecule has 0 saturated carbocycles. The molecule has 1 saturated heterocycles. The molecule has 4 rings (SSSR count). The molecular weight excluding hydrogens is 284 g/mol. The maximum Gasteiger partial charge on any atom is 0.165 e. The quantitative estimate of drug-likeness (QED) is 0.844. The van der Waals surface area contributed by atoms with Crippen molar-refractivity contribution in [2.45, 2.75) is 17.8 Å². The standard InChI is InChI=1S/C17H18O5/c1-19-10-3-5-12-14(7-10)21-9-17(18)13-6-4-11(20-2)8-15(13)22-16(12)17/h3-8,10,12,16,18H,9H2,1-2H3. The van der Waals surface area contributed by atoms with Gasteiger partial charge in [-0.25, -0.2) is 0 Å². The molecular formula is C17H18O5. The molecule has 0 radical (unpaired) electrons. The number of hydrogen-bond donors (Lipinski definition) is 1. The van der Waals surface area contributed by atoms with Crippen LogP contribution >= 0.6 is 0 Å². The Morgan fingerprint density at radius 1 is 1.27 bits per heavy atom. The van der Waals surface area contributed by atoms with E-state index >= 15 is 0 Å². The number of rotatable bonds is 2. The molecule has 1 aromatic carbocycles. The molecule has 5 heteroatoms. The summed E-state index contributed by atoms with van der Waals surface area (Å²) in [5.41, 5.74) is -0.395. The van der Waals surface area contributed by atoms with E-state index in [0.29, 0.717) is 11.5 Å². The minimum Gasteiger partial charge on any atom is -0.497 e. The van der Waals surface area contributed by atoms with Crippen molar-refractivity contribution in [3.05, 3.63) is 47.7 Å². The predicted molar refractivity (Wildman–Crippen MR) is 78.8 cm³/mol. The molecule has 2 aliphatic heterocycles. The number of benzene rings is 1. The average molecular weight is 302 g/mol. The highest BCUT2D eigenvalue weighted by Crippen LogP contribution is 2.50. The van der Waals surface area contributed by atoms with Crippen molar-refractivity contribution >= 4 is 0 Å². The van der Waals surface area contributed by atoms with Gasteiger partial charge >= 0.3 is 0 Å². The second-order valence-electron chi connectivity index (χ2n) is 5.79. The maximum atomic E-state index is 11.1. The van der Waals surface area contributed by atoms with E-state index in [-0.39, 0.29) is 18.6 Å². The first-order chi connectivity index (χ1) is 10.7. The van der Waals surface area contributed by atoms with Gasteiger partial charge in [-0.3, -0.25) is 0 Å². The van der Waals surface area contributed by atoms with Crippen LogP contribution in [-0.4, -0.2) is 38.1 Å². The summed E-state index contributed by atoms with van der Waals surface area (Å²) in [4.78, 5) is 0. The summed E-state index contributed by atoms with van der Waals surface area (Å²) in [6.07, 6.45) is 5.37. The second kappa shape index (κ2) is 4.76. The van der Waals surface area contributed by atoms with Gasteiger partial charge in [0.05, 0.1) is 19.1 Å². The third kappa shape index (κ3) is 1.79. The Hall–Kier alpha value is -1.98. The zero-order valence-corrected chi connectivity index (χ0v) is 12.5. The number of fused-ring (bicyclic) bond motifs is 5. The monoisotopic (exact) mass is 302 g/mol. The number of methoxy groups -OCH3 is 2. The molecule has 4 atom stereocenters. The van der Waals surface area contributed by atoms with Crippen LogP contribution in [0.4, 0.5) is 0 Å². The maximum absolute atomic E-state index is 11.1. The molecule has 3 aliphatic rings. The van der Waals surface area contributed by atoms with Crippen molar-refractivity contribution in [3.63, 3.8) is 0 Å². The molecule has 4 unspecified atom stereocenters.